The molecule has 0 atom stereocenters. The predicted molar refractivity (Wildman–Crippen MR) is 130 cm³/mol. The van der Waals surface area contributed by atoms with E-state index in [-0.39, 0.29) is 5.91 Å². The first-order valence-corrected chi connectivity index (χ1v) is 11.4. The van der Waals surface area contributed by atoms with E-state index in [9.17, 15) is 4.79 Å². The molecule has 0 saturated heterocycles. The van der Waals surface area contributed by atoms with E-state index in [0.29, 0.717) is 35.9 Å². The van der Waals surface area contributed by atoms with Crippen molar-refractivity contribution in [2.24, 2.45) is 0 Å². The standard InChI is InChI=1S/C26H25N7O2/c1-16-4-6-19(7-5-16)14-21-17(2)30-24-22(15-29-33(24)18(21)3)25(34)28-13-10-23-31-26(35-32-23)20-8-11-27-12-9-20/h4-9,11-12,15H,10,13-14H2,1-3H3,(H,28,34). The lowest BCUT2D eigenvalue weighted by Gasteiger charge is -2.12. The van der Waals surface area contributed by atoms with Gasteiger partial charge in [-0.2, -0.15) is 10.1 Å². The Morgan fingerprint density at radius 3 is 2.57 bits per heavy atom. The van der Waals surface area contributed by atoms with E-state index in [1.165, 1.54) is 11.1 Å². The van der Waals surface area contributed by atoms with Crippen LogP contribution in [0.5, 0.6) is 0 Å². The van der Waals surface area contributed by atoms with Crippen LogP contribution in [-0.4, -0.2) is 42.2 Å². The molecule has 1 N–H and O–H groups in total. The quantitative estimate of drug-likeness (QED) is 0.389. The van der Waals surface area contributed by atoms with E-state index < -0.39 is 0 Å². The highest BCUT2D eigenvalue weighted by Gasteiger charge is 2.19. The number of hydrogen-bond acceptors (Lipinski definition) is 7. The fourth-order valence-electron chi connectivity index (χ4n) is 3.99. The van der Waals surface area contributed by atoms with Gasteiger partial charge in [0.25, 0.3) is 11.8 Å². The van der Waals surface area contributed by atoms with Crippen LogP contribution in [0.1, 0.15) is 44.3 Å². The van der Waals surface area contributed by atoms with E-state index in [4.69, 9.17) is 9.51 Å². The smallest absolute Gasteiger partial charge is 0.258 e. The minimum Gasteiger partial charge on any atom is -0.351 e. The van der Waals surface area contributed by atoms with E-state index >= 15 is 0 Å². The third kappa shape index (κ3) is 4.65. The zero-order valence-corrected chi connectivity index (χ0v) is 19.8. The van der Waals surface area contributed by atoms with Gasteiger partial charge < -0.3 is 9.84 Å². The molecule has 1 amide bonds. The largest absolute Gasteiger partial charge is 0.351 e. The van der Waals surface area contributed by atoms with Crippen LogP contribution in [0.15, 0.2) is 59.5 Å². The molecule has 0 fully saturated rings. The van der Waals surface area contributed by atoms with Crippen LogP contribution in [0.4, 0.5) is 0 Å². The molecule has 0 spiro atoms. The number of benzene rings is 1. The normalized spacial score (nSPS) is 11.2. The Morgan fingerprint density at radius 2 is 1.80 bits per heavy atom. The van der Waals surface area contributed by atoms with Crippen LogP contribution in [0.3, 0.4) is 0 Å². The summed E-state index contributed by atoms with van der Waals surface area (Å²) in [5.74, 6) is 0.700. The highest BCUT2D eigenvalue weighted by molar-refractivity contribution is 5.99. The number of carbonyl (C=O) groups is 1. The summed E-state index contributed by atoms with van der Waals surface area (Å²) in [6.45, 7) is 6.42. The molecule has 1 aromatic carbocycles. The van der Waals surface area contributed by atoms with Gasteiger partial charge in [0.2, 0.25) is 0 Å². The molecule has 4 heterocycles. The summed E-state index contributed by atoms with van der Waals surface area (Å²) in [4.78, 5) is 26.0. The molecule has 0 radical (unpaired) electrons. The summed E-state index contributed by atoms with van der Waals surface area (Å²) in [5, 5.41) is 11.3. The number of rotatable bonds is 7. The van der Waals surface area contributed by atoms with E-state index in [2.05, 4.69) is 56.7 Å². The highest BCUT2D eigenvalue weighted by Crippen LogP contribution is 2.21. The summed E-state index contributed by atoms with van der Waals surface area (Å²) in [6.07, 6.45) is 6.09. The minimum absolute atomic E-state index is 0.240. The lowest BCUT2D eigenvalue weighted by molar-refractivity contribution is 0.0955. The Labute approximate surface area is 202 Å². The molecule has 5 rings (SSSR count). The number of nitrogens with zero attached hydrogens (tertiary/aromatic N) is 6. The van der Waals surface area contributed by atoms with Gasteiger partial charge in [0, 0.05) is 48.7 Å². The topological polar surface area (TPSA) is 111 Å². The van der Waals surface area contributed by atoms with Gasteiger partial charge in [-0.3, -0.25) is 9.78 Å². The molecule has 4 aromatic heterocycles. The first-order valence-electron chi connectivity index (χ1n) is 11.4. The average Bonchev–Trinajstić information content (AvgIpc) is 3.51. The average molecular weight is 468 g/mol. The Balaban J connectivity index is 1.28. The third-order valence-electron chi connectivity index (χ3n) is 5.98. The zero-order chi connectivity index (χ0) is 24.4. The van der Waals surface area contributed by atoms with Crippen LogP contribution in [0, 0.1) is 20.8 Å². The van der Waals surface area contributed by atoms with Crippen LogP contribution in [0.25, 0.3) is 17.1 Å². The molecule has 0 aliphatic heterocycles. The molecule has 0 aliphatic rings. The molecule has 5 aromatic rings. The number of nitrogens with one attached hydrogen (secondary N) is 1. The van der Waals surface area contributed by atoms with Gasteiger partial charge >= 0.3 is 0 Å². The predicted octanol–water partition coefficient (Wildman–Crippen LogP) is 3.66. The fourth-order valence-corrected chi connectivity index (χ4v) is 3.99. The van der Waals surface area contributed by atoms with E-state index in [1.807, 2.05) is 13.8 Å². The van der Waals surface area contributed by atoms with Crippen molar-refractivity contribution in [1.29, 1.82) is 0 Å². The number of amides is 1. The first kappa shape index (κ1) is 22.4. The molecule has 9 heteroatoms. The van der Waals surface area contributed by atoms with Crippen molar-refractivity contribution >= 4 is 11.6 Å². The second kappa shape index (κ2) is 9.46. The Kier molecular flexibility index (Phi) is 6.05. The Morgan fingerprint density at radius 1 is 1.03 bits per heavy atom. The van der Waals surface area contributed by atoms with Crippen LogP contribution in [0.2, 0.25) is 0 Å². The minimum atomic E-state index is -0.240. The lowest BCUT2D eigenvalue weighted by Crippen LogP contribution is -2.26. The number of fused-ring (bicyclic) bond motifs is 1. The fraction of sp³-hybridized carbons (Fsp3) is 0.231. The SMILES string of the molecule is Cc1ccc(Cc2c(C)nc3c(C(=O)NCCc4noc(-c5ccncc5)n4)cnn3c2C)cc1. The second-order valence-corrected chi connectivity index (χ2v) is 8.47. The van der Waals surface area contributed by atoms with Crippen molar-refractivity contribution in [2.45, 2.75) is 33.6 Å². The van der Waals surface area contributed by atoms with Gasteiger partial charge in [-0.15, -0.1) is 0 Å². The third-order valence-corrected chi connectivity index (χ3v) is 5.98. The number of aryl methyl sites for hydroxylation is 3. The summed E-state index contributed by atoms with van der Waals surface area (Å²) in [6, 6.07) is 12.1. The molecule has 0 unspecified atom stereocenters. The summed E-state index contributed by atoms with van der Waals surface area (Å²) >= 11 is 0. The van der Waals surface area contributed by atoms with E-state index in [0.717, 1.165) is 28.9 Å². The maximum Gasteiger partial charge on any atom is 0.258 e. The van der Waals surface area contributed by atoms with Crippen molar-refractivity contribution in [3.8, 4) is 11.5 Å². The van der Waals surface area contributed by atoms with Crippen molar-refractivity contribution < 1.29 is 9.32 Å². The number of carbonyl (C=O) groups excluding carboxylic acids is 1. The van der Waals surface area contributed by atoms with Crippen molar-refractivity contribution in [2.75, 3.05) is 6.54 Å². The molecular weight excluding hydrogens is 442 g/mol. The zero-order valence-electron chi connectivity index (χ0n) is 19.8. The van der Waals surface area contributed by atoms with Crippen molar-refractivity contribution in [1.82, 2.24) is 35.0 Å². The maximum absolute atomic E-state index is 12.9. The molecular formula is C26H25N7O2. The lowest BCUT2D eigenvalue weighted by atomic mass is 10.0. The van der Waals surface area contributed by atoms with E-state index in [1.54, 1.807) is 35.2 Å². The molecule has 176 valence electrons. The second-order valence-electron chi connectivity index (χ2n) is 8.47. The van der Waals surface area contributed by atoms with Gasteiger partial charge in [-0.25, -0.2) is 9.50 Å². The van der Waals surface area contributed by atoms with Gasteiger partial charge in [0.15, 0.2) is 11.5 Å². The molecule has 0 aliphatic carbocycles. The summed E-state index contributed by atoms with van der Waals surface area (Å²) in [5.41, 5.74) is 7.19. The Hall–Kier alpha value is -4.40. The van der Waals surface area contributed by atoms with Gasteiger partial charge in [-0.05, 0) is 44.0 Å². The monoisotopic (exact) mass is 467 g/mol. The summed E-state index contributed by atoms with van der Waals surface area (Å²) < 4.78 is 7.04. The molecule has 35 heavy (non-hydrogen) atoms. The van der Waals surface area contributed by atoms with Crippen molar-refractivity contribution in [3.05, 3.63) is 94.5 Å². The van der Waals surface area contributed by atoms with Crippen LogP contribution >= 0.6 is 0 Å². The Bertz CT molecular complexity index is 1490. The number of hydrogen-bond donors (Lipinski definition) is 1. The summed E-state index contributed by atoms with van der Waals surface area (Å²) in [7, 11) is 0. The van der Waals surface area contributed by atoms with Gasteiger partial charge in [0.05, 0.1) is 6.20 Å². The van der Waals surface area contributed by atoms with Gasteiger partial charge in [0.1, 0.15) is 5.56 Å². The molecule has 0 saturated carbocycles. The van der Waals surface area contributed by atoms with Gasteiger partial charge in [-0.1, -0.05) is 35.0 Å². The molecule has 9 nitrogen and oxygen atoms in total. The van der Waals surface area contributed by atoms with Crippen LogP contribution < -0.4 is 5.32 Å². The van der Waals surface area contributed by atoms with Crippen LogP contribution in [-0.2, 0) is 12.8 Å². The molecule has 0 bridgehead atoms. The number of pyridine rings is 1. The first-order chi connectivity index (χ1) is 17.0. The highest BCUT2D eigenvalue weighted by atomic mass is 16.5. The number of aromatic nitrogens is 6. The van der Waals surface area contributed by atoms with Crippen molar-refractivity contribution in [3.63, 3.8) is 0 Å². The maximum atomic E-state index is 12.9.